The van der Waals surface area contributed by atoms with Crippen LogP contribution < -0.4 is 0 Å². The van der Waals surface area contributed by atoms with Gasteiger partial charge in [-0.15, -0.1) is 0 Å². The van der Waals surface area contributed by atoms with Crippen molar-refractivity contribution in [1.29, 1.82) is 0 Å². The maximum absolute atomic E-state index is 14.1. The number of benzene rings is 2. The molecule has 0 spiro atoms. The summed E-state index contributed by atoms with van der Waals surface area (Å²) in [6.45, 7) is 0. The molecule has 1 saturated carbocycles. The van der Waals surface area contributed by atoms with Gasteiger partial charge in [-0.3, -0.25) is 9.79 Å². The Bertz CT molecular complexity index is 1230. The van der Waals surface area contributed by atoms with E-state index in [1.54, 1.807) is 18.5 Å². The minimum absolute atomic E-state index is 0.0700. The van der Waals surface area contributed by atoms with Crippen LogP contribution in [0.25, 0.3) is 6.08 Å². The Kier molecular flexibility index (Phi) is 10.3. The van der Waals surface area contributed by atoms with Crippen molar-refractivity contribution in [3.8, 4) is 0 Å². The second-order valence-corrected chi connectivity index (χ2v) is 11.4. The van der Waals surface area contributed by atoms with Crippen LogP contribution in [0, 0.1) is 17.7 Å². The smallest absolute Gasteiger partial charge is 0.336 e. The molecule has 2 aromatic carbocycles. The highest BCUT2D eigenvalue weighted by Crippen LogP contribution is 2.44. The van der Waals surface area contributed by atoms with E-state index in [4.69, 9.17) is 14.5 Å². The Hall–Kier alpha value is -3.52. The molecule has 1 aliphatic heterocycles. The molecule has 2 aliphatic rings. The van der Waals surface area contributed by atoms with Crippen LogP contribution in [0.3, 0.4) is 0 Å². The third-order valence-corrected chi connectivity index (χ3v) is 8.69. The first-order chi connectivity index (χ1) is 19.8. The summed E-state index contributed by atoms with van der Waals surface area (Å²) in [4.78, 5) is 34.4. The first-order valence-electron chi connectivity index (χ1n) is 14.4. The second-order valence-electron chi connectivity index (χ2n) is 11.4. The zero-order valence-electron chi connectivity index (χ0n) is 24.5. The predicted octanol–water partition coefficient (Wildman–Crippen LogP) is 5.87. The lowest BCUT2D eigenvalue weighted by Gasteiger charge is -2.40. The normalized spacial score (nSPS) is 25.0. The van der Waals surface area contributed by atoms with E-state index in [-0.39, 0.29) is 36.7 Å². The van der Waals surface area contributed by atoms with Crippen LogP contribution in [0.2, 0.25) is 0 Å². The zero-order valence-corrected chi connectivity index (χ0v) is 24.5. The van der Waals surface area contributed by atoms with Crippen molar-refractivity contribution >= 4 is 24.4 Å². The molecule has 1 fully saturated rings. The van der Waals surface area contributed by atoms with E-state index >= 15 is 0 Å². The highest BCUT2D eigenvalue weighted by Gasteiger charge is 2.52. The van der Waals surface area contributed by atoms with Crippen LogP contribution >= 0.6 is 0 Å². The molecule has 0 aromatic heterocycles. The number of rotatable bonds is 11. The molecule has 0 saturated heterocycles. The van der Waals surface area contributed by atoms with Gasteiger partial charge in [-0.25, -0.2) is 9.18 Å². The summed E-state index contributed by atoms with van der Waals surface area (Å²) < 4.78 is 24.2. The largest absolute Gasteiger partial charge is 0.469 e. The summed E-state index contributed by atoms with van der Waals surface area (Å²) in [5.74, 6) is -0.262. The summed E-state index contributed by atoms with van der Waals surface area (Å²) in [5.41, 5.74) is 0.846. The third-order valence-electron chi connectivity index (χ3n) is 8.69. The number of carbonyl (C=O) groups is 2. The molecule has 0 N–H and O–H groups in total. The number of hydrogen-bond acceptors (Lipinski definition) is 7. The lowest BCUT2D eigenvalue weighted by molar-refractivity contribution is -0.150. The van der Waals surface area contributed by atoms with Gasteiger partial charge in [-0.2, -0.15) is 0 Å². The number of halogens is 1. The van der Waals surface area contributed by atoms with E-state index in [0.717, 1.165) is 43.2 Å². The molecule has 3 atom stereocenters. The van der Waals surface area contributed by atoms with Gasteiger partial charge in [0.25, 0.3) is 0 Å². The monoisotopic (exact) mass is 563 g/mol. The van der Waals surface area contributed by atoms with Gasteiger partial charge in [-0.05, 0) is 81.0 Å². The van der Waals surface area contributed by atoms with Crippen molar-refractivity contribution in [3.63, 3.8) is 0 Å². The van der Waals surface area contributed by atoms with Crippen molar-refractivity contribution in [2.24, 2.45) is 16.8 Å². The standard InChI is InChI=1S/C33H42FN3O4/c1-36(2)31(27-11-8-12-28(34)22-27)26-15-13-25(14-16-26)21-29-33(32(39)41-4,19-17-30(38)40-3)35-23-37(29)20-18-24-9-6-5-7-10-24/h5-12,18,20,22-23,25-26,29,31H,13-17,19,21H2,1-4H3. The molecule has 1 heterocycles. The van der Waals surface area contributed by atoms with Crippen molar-refractivity contribution in [3.05, 3.63) is 77.7 Å². The van der Waals surface area contributed by atoms with Crippen molar-refractivity contribution in [2.45, 2.75) is 62.6 Å². The molecule has 3 unspecified atom stereocenters. The molecule has 0 amide bonds. The topological polar surface area (TPSA) is 71.4 Å². The molecule has 1 aliphatic carbocycles. The first kappa shape index (κ1) is 30.4. The highest BCUT2D eigenvalue weighted by atomic mass is 19.1. The van der Waals surface area contributed by atoms with Crippen LogP contribution in [-0.2, 0) is 19.1 Å². The molecule has 220 valence electrons. The summed E-state index contributed by atoms with van der Waals surface area (Å²) in [6.07, 6.45) is 10.7. The average Bonchev–Trinajstić information content (AvgIpc) is 3.33. The zero-order chi connectivity index (χ0) is 29.4. The predicted molar refractivity (Wildman–Crippen MR) is 158 cm³/mol. The Morgan fingerprint density at radius 3 is 2.44 bits per heavy atom. The Labute approximate surface area is 243 Å². The van der Waals surface area contributed by atoms with Crippen LogP contribution in [0.15, 0.2) is 65.8 Å². The maximum Gasteiger partial charge on any atom is 0.336 e. The average molecular weight is 564 g/mol. The van der Waals surface area contributed by atoms with Gasteiger partial charge >= 0.3 is 11.9 Å². The second kappa shape index (κ2) is 13.9. The van der Waals surface area contributed by atoms with Crippen LogP contribution in [0.1, 0.15) is 62.1 Å². The van der Waals surface area contributed by atoms with Gasteiger partial charge in [0.2, 0.25) is 0 Å². The molecule has 0 bridgehead atoms. The summed E-state index contributed by atoms with van der Waals surface area (Å²) in [5, 5.41) is 0. The maximum atomic E-state index is 14.1. The summed E-state index contributed by atoms with van der Waals surface area (Å²) in [7, 11) is 6.83. The van der Waals surface area contributed by atoms with E-state index in [0.29, 0.717) is 11.8 Å². The van der Waals surface area contributed by atoms with Gasteiger partial charge in [0.05, 0.1) is 26.6 Å². The van der Waals surface area contributed by atoms with Crippen LogP contribution in [-0.4, -0.2) is 68.0 Å². The number of nitrogens with zero attached hydrogens (tertiary/aromatic N) is 3. The third kappa shape index (κ3) is 7.22. The van der Waals surface area contributed by atoms with Crippen molar-refractivity contribution in [1.82, 2.24) is 9.80 Å². The lowest BCUT2D eigenvalue weighted by atomic mass is 9.72. The number of aliphatic imine (C=N–C) groups is 1. The Morgan fingerprint density at radius 1 is 1.07 bits per heavy atom. The Morgan fingerprint density at radius 2 is 1.80 bits per heavy atom. The fourth-order valence-corrected chi connectivity index (χ4v) is 6.61. The van der Waals surface area contributed by atoms with Gasteiger partial charge < -0.3 is 19.3 Å². The summed E-state index contributed by atoms with van der Waals surface area (Å²) >= 11 is 0. The van der Waals surface area contributed by atoms with E-state index < -0.39 is 11.5 Å². The fraction of sp³-hybridized carbons (Fsp3) is 0.485. The lowest BCUT2D eigenvalue weighted by Crippen LogP contribution is -2.51. The number of ether oxygens (including phenoxy) is 2. The van der Waals surface area contributed by atoms with Gasteiger partial charge in [0.15, 0.2) is 5.54 Å². The number of carbonyl (C=O) groups excluding carboxylic acids is 2. The van der Waals surface area contributed by atoms with Gasteiger partial charge in [-0.1, -0.05) is 55.3 Å². The van der Waals surface area contributed by atoms with E-state index in [1.807, 2.05) is 53.6 Å². The minimum Gasteiger partial charge on any atom is -0.469 e. The molecule has 0 radical (unpaired) electrons. The van der Waals surface area contributed by atoms with Crippen molar-refractivity contribution < 1.29 is 23.5 Å². The number of hydrogen-bond donors (Lipinski definition) is 0. The first-order valence-corrected chi connectivity index (χ1v) is 14.4. The highest BCUT2D eigenvalue weighted by molar-refractivity contribution is 5.87. The van der Waals surface area contributed by atoms with Gasteiger partial charge in [0, 0.05) is 18.7 Å². The quantitative estimate of drug-likeness (QED) is 0.318. The molecular formula is C33H42FN3O4. The molecule has 4 rings (SSSR count). The molecule has 8 heteroatoms. The van der Waals surface area contributed by atoms with E-state index in [9.17, 15) is 14.0 Å². The van der Waals surface area contributed by atoms with Crippen LogP contribution in [0.4, 0.5) is 4.39 Å². The van der Waals surface area contributed by atoms with Crippen LogP contribution in [0.5, 0.6) is 0 Å². The number of methoxy groups -OCH3 is 2. The molecule has 7 nitrogen and oxygen atoms in total. The minimum atomic E-state index is -1.20. The number of esters is 2. The Balaban J connectivity index is 1.54. The molecule has 2 aromatic rings. The van der Waals surface area contributed by atoms with E-state index in [1.165, 1.54) is 20.3 Å². The fourth-order valence-electron chi connectivity index (χ4n) is 6.61. The van der Waals surface area contributed by atoms with Crippen molar-refractivity contribution in [2.75, 3.05) is 28.3 Å². The van der Waals surface area contributed by atoms with E-state index in [2.05, 4.69) is 19.0 Å². The SMILES string of the molecule is COC(=O)CCC1(C(=O)OC)N=CN(C=Cc2ccccc2)C1CC1CCC(C(c2cccc(F)c2)N(C)C)CC1. The summed E-state index contributed by atoms with van der Waals surface area (Å²) in [6, 6.07) is 16.7. The van der Waals surface area contributed by atoms with Gasteiger partial charge in [0.1, 0.15) is 5.82 Å². The molecule has 41 heavy (non-hydrogen) atoms. The molecular weight excluding hydrogens is 521 g/mol.